The van der Waals surface area contributed by atoms with Crippen LogP contribution in [-0.4, -0.2) is 10.7 Å². The quantitative estimate of drug-likeness (QED) is 0.450. The second-order valence-corrected chi connectivity index (χ2v) is 3.25. The van der Waals surface area contributed by atoms with Crippen LogP contribution in [0, 0.1) is 23.2 Å². The Morgan fingerprint density at radius 3 is 3.00 bits per heavy atom. The van der Waals surface area contributed by atoms with Gasteiger partial charge in [-0.05, 0) is 6.07 Å². The maximum atomic E-state index is 8.63. The lowest BCUT2D eigenvalue weighted by Gasteiger charge is -1.94. The zero-order valence-electron chi connectivity index (χ0n) is 7.29. The number of pyridine rings is 1. The van der Waals surface area contributed by atoms with Gasteiger partial charge in [-0.25, -0.2) is 4.98 Å². The highest BCUT2D eigenvalue weighted by Gasteiger charge is 1.99. The van der Waals surface area contributed by atoms with E-state index in [4.69, 9.17) is 16.9 Å². The molecule has 0 saturated carbocycles. The predicted octanol–water partition coefficient (Wildman–Crippen LogP) is 2.28. The van der Waals surface area contributed by atoms with Crippen LogP contribution in [0.5, 0.6) is 0 Å². The summed E-state index contributed by atoms with van der Waals surface area (Å²) in [6.07, 6.45) is 2.11. The van der Waals surface area contributed by atoms with Crippen molar-refractivity contribution in [1.82, 2.24) is 4.98 Å². The molecule has 0 aromatic carbocycles. The molecule has 0 aliphatic heterocycles. The largest absolute Gasteiger partial charge is 0.242 e. The van der Waals surface area contributed by atoms with Gasteiger partial charge in [0.2, 0.25) is 0 Å². The van der Waals surface area contributed by atoms with Gasteiger partial charge in [-0.15, -0.1) is 0 Å². The summed E-state index contributed by atoms with van der Waals surface area (Å²) in [7, 11) is 0. The molecule has 0 radical (unpaired) electrons. The maximum absolute atomic E-state index is 8.63. The molecule has 0 N–H and O–H groups in total. The van der Waals surface area contributed by atoms with E-state index in [1.807, 2.05) is 6.07 Å². The molecule has 70 valence electrons. The molecule has 0 bridgehead atoms. The molecule has 2 nitrogen and oxygen atoms in total. The average molecular weight is 223 g/mol. The van der Waals surface area contributed by atoms with E-state index in [1.54, 1.807) is 6.07 Å². The average Bonchev–Trinajstić information content (AvgIpc) is 2.21. The molecule has 0 fully saturated rings. The minimum Gasteiger partial charge on any atom is -0.242 e. The summed E-state index contributed by atoms with van der Waals surface area (Å²) in [6.45, 7) is 0. The summed E-state index contributed by atoms with van der Waals surface area (Å²) < 4.78 is 0. The van der Waals surface area contributed by atoms with E-state index in [9.17, 15) is 0 Å². The topological polar surface area (TPSA) is 36.7 Å². The lowest BCUT2D eigenvalue weighted by molar-refractivity contribution is 1.28. The Labute approximate surface area is 93.3 Å². The third kappa shape index (κ3) is 2.96. The first-order valence-electron chi connectivity index (χ1n) is 3.93. The van der Waals surface area contributed by atoms with Crippen molar-refractivity contribution in [2.24, 2.45) is 0 Å². The molecule has 0 amide bonds. The lowest BCUT2D eigenvalue weighted by atomic mass is 10.2. The minimum atomic E-state index is 0.329. The predicted molar refractivity (Wildman–Crippen MR) is 59.3 cm³/mol. The molecule has 1 rings (SSSR count). The van der Waals surface area contributed by atoms with Crippen LogP contribution >= 0.6 is 24.2 Å². The van der Waals surface area contributed by atoms with Crippen LogP contribution in [0.4, 0.5) is 0 Å². The first-order chi connectivity index (χ1) is 6.77. The normalized spacial score (nSPS) is 8.64. The molecule has 0 spiro atoms. The Balaban J connectivity index is 2.98. The van der Waals surface area contributed by atoms with E-state index < -0.39 is 0 Å². The number of hydrogen-bond donors (Lipinski definition) is 1. The first-order valence-corrected chi connectivity index (χ1v) is 4.94. The fourth-order valence-corrected chi connectivity index (χ4v) is 1.07. The van der Waals surface area contributed by atoms with Crippen LogP contribution in [-0.2, 0) is 0 Å². The number of nitriles is 1. The minimum absolute atomic E-state index is 0.329. The van der Waals surface area contributed by atoms with Crippen LogP contribution in [0.15, 0.2) is 12.3 Å². The van der Waals surface area contributed by atoms with Crippen LogP contribution in [0.2, 0.25) is 5.15 Å². The molecule has 0 aliphatic rings. The Bertz CT molecular complexity index is 426. The van der Waals surface area contributed by atoms with Crippen LogP contribution in [0.1, 0.15) is 17.5 Å². The van der Waals surface area contributed by atoms with Crippen molar-refractivity contribution in [3.05, 3.63) is 28.5 Å². The number of rotatable bonds is 1. The second-order valence-electron chi connectivity index (χ2n) is 2.45. The zero-order chi connectivity index (χ0) is 10.4. The zero-order valence-corrected chi connectivity index (χ0v) is 8.94. The SMILES string of the molecule is N#Cc1cnc(Cl)c(C#CCCS)c1. The van der Waals surface area contributed by atoms with Crippen LogP contribution in [0.25, 0.3) is 0 Å². The molecule has 4 heteroatoms. The summed E-state index contributed by atoms with van der Waals surface area (Å²) in [5.74, 6) is 6.43. The van der Waals surface area contributed by atoms with Crippen molar-refractivity contribution in [3.8, 4) is 17.9 Å². The van der Waals surface area contributed by atoms with Gasteiger partial charge in [0.05, 0.1) is 11.1 Å². The number of aromatic nitrogens is 1. The van der Waals surface area contributed by atoms with Gasteiger partial charge in [0, 0.05) is 18.4 Å². The Kier molecular flexibility index (Phi) is 4.32. The molecular formula is C10H7ClN2S. The van der Waals surface area contributed by atoms with Crippen molar-refractivity contribution in [1.29, 1.82) is 5.26 Å². The molecule has 0 unspecified atom stereocenters. The molecule has 0 saturated heterocycles. The number of hydrogen-bond acceptors (Lipinski definition) is 3. The molecule has 1 aromatic heterocycles. The molecule has 14 heavy (non-hydrogen) atoms. The molecule has 1 aromatic rings. The highest BCUT2D eigenvalue weighted by molar-refractivity contribution is 7.80. The van der Waals surface area contributed by atoms with Crippen LogP contribution in [0.3, 0.4) is 0 Å². The second kappa shape index (κ2) is 5.54. The van der Waals surface area contributed by atoms with Crippen molar-refractivity contribution in [3.63, 3.8) is 0 Å². The molecule has 0 atom stereocenters. The number of halogens is 1. The van der Waals surface area contributed by atoms with Gasteiger partial charge in [-0.1, -0.05) is 23.4 Å². The third-order valence-electron chi connectivity index (χ3n) is 1.43. The lowest BCUT2D eigenvalue weighted by Crippen LogP contribution is -1.85. The van der Waals surface area contributed by atoms with Crippen molar-refractivity contribution in [2.45, 2.75) is 6.42 Å². The summed E-state index contributed by atoms with van der Waals surface area (Å²) in [4.78, 5) is 3.85. The first kappa shape index (κ1) is 10.9. The third-order valence-corrected chi connectivity index (χ3v) is 1.95. The Morgan fingerprint density at radius 2 is 2.36 bits per heavy atom. The highest BCUT2D eigenvalue weighted by Crippen LogP contribution is 2.12. The summed E-state index contributed by atoms with van der Waals surface area (Å²) in [6, 6.07) is 3.61. The monoisotopic (exact) mass is 222 g/mol. The van der Waals surface area contributed by atoms with Crippen LogP contribution < -0.4 is 0 Å². The molecule has 0 aliphatic carbocycles. The van der Waals surface area contributed by atoms with Crippen molar-refractivity contribution >= 4 is 24.2 Å². The molecule has 1 heterocycles. The van der Waals surface area contributed by atoms with E-state index in [2.05, 4.69) is 29.5 Å². The maximum Gasteiger partial charge on any atom is 0.144 e. The smallest absolute Gasteiger partial charge is 0.144 e. The van der Waals surface area contributed by atoms with E-state index >= 15 is 0 Å². The van der Waals surface area contributed by atoms with Crippen molar-refractivity contribution in [2.75, 3.05) is 5.75 Å². The number of nitrogens with zero attached hydrogens (tertiary/aromatic N) is 2. The van der Waals surface area contributed by atoms with Gasteiger partial charge < -0.3 is 0 Å². The number of thiol groups is 1. The standard InChI is InChI=1S/C10H7ClN2S/c11-10-9(3-1-2-4-14)5-8(6-12)7-13-10/h5,7,14H,2,4H2. The van der Waals surface area contributed by atoms with E-state index in [0.717, 1.165) is 0 Å². The Morgan fingerprint density at radius 1 is 1.57 bits per heavy atom. The highest BCUT2D eigenvalue weighted by atomic mass is 35.5. The van der Waals surface area contributed by atoms with Gasteiger partial charge in [-0.2, -0.15) is 17.9 Å². The van der Waals surface area contributed by atoms with Gasteiger partial charge in [-0.3, -0.25) is 0 Å². The van der Waals surface area contributed by atoms with E-state index in [-0.39, 0.29) is 0 Å². The van der Waals surface area contributed by atoms with Crippen molar-refractivity contribution < 1.29 is 0 Å². The molecular weight excluding hydrogens is 216 g/mol. The van der Waals surface area contributed by atoms with Gasteiger partial charge in [0.15, 0.2) is 0 Å². The Hall–Kier alpha value is -1.16. The fourth-order valence-electron chi connectivity index (χ4n) is 0.811. The summed E-state index contributed by atoms with van der Waals surface area (Å²) in [5, 5.41) is 8.96. The van der Waals surface area contributed by atoms with Gasteiger partial charge in [0.1, 0.15) is 11.2 Å². The fraction of sp³-hybridized carbons (Fsp3) is 0.200. The van der Waals surface area contributed by atoms with Gasteiger partial charge in [0.25, 0.3) is 0 Å². The van der Waals surface area contributed by atoms with Gasteiger partial charge >= 0.3 is 0 Å². The van der Waals surface area contributed by atoms with E-state index in [0.29, 0.717) is 28.5 Å². The summed E-state index contributed by atoms with van der Waals surface area (Å²) >= 11 is 9.82. The van der Waals surface area contributed by atoms with E-state index in [1.165, 1.54) is 6.20 Å². The summed E-state index contributed by atoms with van der Waals surface area (Å²) in [5.41, 5.74) is 1.05.